The van der Waals surface area contributed by atoms with Crippen molar-refractivity contribution in [1.29, 1.82) is 0 Å². The van der Waals surface area contributed by atoms with Crippen molar-refractivity contribution < 1.29 is 9.53 Å². The van der Waals surface area contributed by atoms with Gasteiger partial charge in [-0.05, 0) is 38.3 Å². The number of benzene rings is 1. The van der Waals surface area contributed by atoms with Crippen molar-refractivity contribution in [2.75, 3.05) is 19.6 Å². The molecule has 0 N–H and O–H groups in total. The molecule has 1 heterocycles. The van der Waals surface area contributed by atoms with E-state index in [0.717, 1.165) is 6.42 Å². The Hall–Kier alpha value is -2.20. The lowest BCUT2D eigenvalue weighted by molar-refractivity contribution is -0.0113. The van der Waals surface area contributed by atoms with E-state index in [1.807, 2.05) is 39.0 Å². The molecule has 0 radical (unpaired) electrons. The van der Waals surface area contributed by atoms with Crippen molar-refractivity contribution in [1.82, 2.24) is 4.90 Å². The van der Waals surface area contributed by atoms with Gasteiger partial charge >= 0.3 is 6.09 Å². The first kappa shape index (κ1) is 16.2. The lowest BCUT2D eigenvalue weighted by Gasteiger charge is -2.50. The molecule has 6 nitrogen and oxygen atoms in total. The first-order valence-electron chi connectivity index (χ1n) is 7.41. The molecule has 2 rings (SSSR count). The summed E-state index contributed by atoms with van der Waals surface area (Å²) in [7, 11) is 0. The minimum absolute atomic E-state index is 0.146. The van der Waals surface area contributed by atoms with Gasteiger partial charge in [-0.1, -0.05) is 35.4 Å². The van der Waals surface area contributed by atoms with Crippen LogP contribution in [0.3, 0.4) is 0 Å². The fourth-order valence-corrected chi connectivity index (χ4v) is 2.73. The molecule has 1 fully saturated rings. The Morgan fingerprint density at radius 3 is 2.55 bits per heavy atom. The van der Waals surface area contributed by atoms with E-state index in [1.165, 1.54) is 5.56 Å². The van der Waals surface area contributed by atoms with Crippen molar-refractivity contribution in [2.24, 2.45) is 5.11 Å². The van der Waals surface area contributed by atoms with Crippen molar-refractivity contribution >= 4 is 6.09 Å². The van der Waals surface area contributed by atoms with Gasteiger partial charge in [-0.3, -0.25) is 0 Å². The van der Waals surface area contributed by atoms with Gasteiger partial charge in [0, 0.05) is 30.0 Å². The lowest BCUT2D eigenvalue weighted by atomic mass is 9.71. The van der Waals surface area contributed by atoms with Crippen LogP contribution in [0.5, 0.6) is 0 Å². The second-order valence-electron chi connectivity index (χ2n) is 6.69. The van der Waals surface area contributed by atoms with E-state index in [4.69, 9.17) is 10.3 Å². The molecule has 0 aliphatic carbocycles. The van der Waals surface area contributed by atoms with Crippen LogP contribution in [-0.4, -0.2) is 36.2 Å². The monoisotopic (exact) mass is 302 g/mol. The highest BCUT2D eigenvalue weighted by atomic mass is 16.6. The average Bonchev–Trinajstić information content (AvgIpc) is 2.40. The second kappa shape index (κ2) is 6.28. The summed E-state index contributed by atoms with van der Waals surface area (Å²) in [5, 5.41) is 3.64. The van der Waals surface area contributed by atoms with Crippen molar-refractivity contribution in [3.63, 3.8) is 0 Å². The SMILES string of the molecule is CC(C)(C)OC(=O)N1CC(CCN=[N+]=[N-])(c2ccccc2)C1. The topological polar surface area (TPSA) is 78.3 Å². The number of azide groups is 1. The van der Waals surface area contributed by atoms with Crippen LogP contribution in [0, 0.1) is 0 Å². The van der Waals surface area contributed by atoms with Crippen molar-refractivity contribution in [2.45, 2.75) is 38.2 Å². The standard InChI is InChI=1S/C16H22N4O2/c1-15(2,3)22-14(21)20-11-16(12-20,9-10-18-19-17)13-7-5-4-6-8-13/h4-8H,9-12H2,1-3H3. The van der Waals surface area contributed by atoms with Crippen molar-refractivity contribution in [3.8, 4) is 0 Å². The summed E-state index contributed by atoms with van der Waals surface area (Å²) in [6.45, 7) is 7.18. The highest BCUT2D eigenvalue weighted by Gasteiger charge is 2.47. The molecular weight excluding hydrogens is 280 g/mol. The number of hydrogen-bond acceptors (Lipinski definition) is 3. The molecule has 0 atom stereocenters. The summed E-state index contributed by atoms with van der Waals surface area (Å²) in [5.41, 5.74) is 9.00. The molecule has 1 saturated heterocycles. The Balaban J connectivity index is 2.08. The summed E-state index contributed by atoms with van der Waals surface area (Å²) in [4.78, 5) is 16.6. The van der Waals surface area contributed by atoms with Gasteiger partial charge in [-0.15, -0.1) is 0 Å². The fraction of sp³-hybridized carbons (Fsp3) is 0.562. The van der Waals surface area contributed by atoms with Gasteiger partial charge in [0.25, 0.3) is 0 Å². The zero-order chi connectivity index (χ0) is 16.2. The largest absolute Gasteiger partial charge is 0.444 e. The predicted octanol–water partition coefficient (Wildman–Crippen LogP) is 3.88. The van der Waals surface area contributed by atoms with E-state index >= 15 is 0 Å². The number of carbonyl (C=O) groups excluding carboxylic acids is 1. The van der Waals surface area contributed by atoms with Crippen LogP contribution in [-0.2, 0) is 10.2 Å². The Bertz CT molecular complexity index is 568. The van der Waals surface area contributed by atoms with Gasteiger partial charge in [-0.2, -0.15) is 0 Å². The normalized spacial score (nSPS) is 16.4. The van der Waals surface area contributed by atoms with Gasteiger partial charge in [0.2, 0.25) is 0 Å². The maximum absolute atomic E-state index is 12.1. The first-order valence-corrected chi connectivity index (χ1v) is 7.41. The quantitative estimate of drug-likeness (QED) is 0.480. The number of hydrogen-bond donors (Lipinski definition) is 0. The minimum Gasteiger partial charge on any atom is -0.444 e. The lowest BCUT2D eigenvalue weighted by Crippen LogP contribution is -2.62. The third-order valence-corrected chi connectivity index (χ3v) is 3.78. The summed E-state index contributed by atoms with van der Waals surface area (Å²) in [6, 6.07) is 10.1. The fourth-order valence-electron chi connectivity index (χ4n) is 2.73. The predicted molar refractivity (Wildman–Crippen MR) is 84.6 cm³/mol. The van der Waals surface area contributed by atoms with Gasteiger partial charge in [0.05, 0.1) is 0 Å². The molecule has 1 aliphatic rings. The number of nitrogens with zero attached hydrogens (tertiary/aromatic N) is 4. The third-order valence-electron chi connectivity index (χ3n) is 3.78. The maximum Gasteiger partial charge on any atom is 0.410 e. The van der Waals surface area contributed by atoms with E-state index in [1.54, 1.807) is 4.90 Å². The molecule has 0 aromatic heterocycles. The van der Waals surface area contributed by atoms with Crippen LogP contribution in [0.4, 0.5) is 4.79 Å². The highest BCUT2D eigenvalue weighted by molar-refractivity contribution is 5.70. The number of likely N-dealkylation sites (tertiary alicyclic amines) is 1. The molecule has 0 saturated carbocycles. The van der Waals surface area contributed by atoms with E-state index in [-0.39, 0.29) is 11.5 Å². The molecule has 6 heteroatoms. The molecular formula is C16H22N4O2. The van der Waals surface area contributed by atoms with Gasteiger partial charge in [0.15, 0.2) is 0 Å². The minimum atomic E-state index is -0.493. The average molecular weight is 302 g/mol. The van der Waals surface area contributed by atoms with Crippen LogP contribution >= 0.6 is 0 Å². The number of rotatable bonds is 4. The van der Waals surface area contributed by atoms with Gasteiger partial charge < -0.3 is 9.64 Å². The van der Waals surface area contributed by atoms with E-state index in [9.17, 15) is 4.79 Å². The Morgan fingerprint density at radius 2 is 2.00 bits per heavy atom. The van der Waals surface area contributed by atoms with Crippen LogP contribution in [0.15, 0.2) is 35.4 Å². The number of carbonyl (C=O) groups is 1. The van der Waals surface area contributed by atoms with Crippen LogP contribution in [0.1, 0.15) is 32.8 Å². The maximum atomic E-state index is 12.1. The summed E-state index contributed by atoms with van der Waals surface area (Å²) < 4.78 is 5.40. The van der Waals surface area contributed by atoms with Crippen LogP contribution in [0.2, 0.25) is 0 Å². The molecule has 1 aromatic rings. The zero-order valence-electron chi connectivity index (χ0n) is 13.3. The molecule has 1 aliphatic heterocycles. The summed E-state index contributed by atoms with van der Waals surface area (Å²) in [5.74, 6) is 0. The molecule has 0 spiro atoms. The highest BCUT2D eigenvalue weighted by Crippen LogP contribution is 2.38. The second-order valence-corrected chi connectivity index (χ2v) is 6.69. The van der Waals surface area contributed by atoms with E-state index < -0.39 is 5.60 Å². The Kier molecular flexibility index (Phi) is 4.62. The molecule has 0 bridgehead atoms. The van der Waals surface area contributed by atoms with Gasteiger partial charge in [-0.25, -0.2) is 4.79 Å². The molecule has 22 heavy (non-hydrogen) atoms. The Labute approximate surface area is 130 Å². The smallest absolute Gasteiger partial charge is 0.410 e. The summed E-state index contributed by atoms with van der Waals surface area (Å²) >= 11 is 0. The van der Waals surface area contributed by atoms with E-state index in [2.05, 4.69) is 22.2 Å². The third kappa shape index (κ3) is 3.71. The van der Waals surface area contributed by atoms with Crippen molar-refractivity contribution in [3.05, 3.63) is 46.3 Å². The van der Waals surface area contributed by atoms with Crippen LogP contribution in [0.25, 0.3) is 10.4 Å². The molecule has 1 amide bonds. The molecule has 118 valence electrons. The van der Waals surface area contributed by atoms with Gasteiger partial charge in [0.1, 0.15) is 5.60 Å². The molecule has 1 aromatic carbocycles. The number of ether oxygens (including phenoxy) is 1. The summed E-state index contributed by atoms with van der Waals surface area (Å²) in [6.07, 6.45) is 0.434. The molecule has 0 unspecified atom stereocenters. The van der Waals surface area contributed by atoms with E-state index in [0.29, 0.717) is 19.6 Å². The zero-order valence-corrected chi connectivity index (χ0v) is 13.3. The van der Waals surface area contributed by atoms with Crippen LogP contribution < -0.4 is 0 Å². The number of amides is 1. The Morgan fingerprint density at radius 1 is 1.36 bits per heavy atom. The first-order chi connectivity index (χ1) is 10.4.